The standard InChI is InChI=1S/C17H14F5NO5S/c1-8(28-7-9-5-3-2-4-6-9)15(17(24)25)23-29(26,27)16-13(21)11(19)10(18)12(20)14(16)22/h2-6,8,15,23H,7H2,1H3,(H,24,25). The minimum Gasteiger partial charge on any atom is -0.480 e. The van der Waals surface area contributed by atoms with Crippen LogP contribution in [0.3, 0.4) is 0 Å². The lowest BCUT2D eigenvalue weighted by Crippen LogP contribution is -2.48. The second-order valence-electron chi connectivity index (χ2n) is 5.84. The Morgan fingerprint density at radius 3 is 1.97 bits per heavy atom. The lowest BCUT2D eigenvalue weighted by molar-refractivity contribution is -0.143. The summed E-state index contributed by atoms with van der Waals surface area (Å²) in [6.07, 6.45) is -1.37. The van der Waals surface area contributed by atoms with Crippen LogP contribution in [-0.2, 0) is 26.2 Å². The molecule has 0 aliphatic heterocycles. The number of ether oxygens (including phenoxy) is 1. The first kappa shape index (κ1) is 22.7. The fraction of sp³-hybridized carbons (Fsp3) is 0.235. The van der Waals surface area contributed by atoms with Crippen LogP contribution in [0.1, 0.15) is 12.5 Å². The molecule has 0 aliphatic carbocycles. The number of sulfonamides is 1. The van der Waals surface area contributed by atoms with Gasteiger partial charge in [0.05, 0.1) is 12.7 Å². The van der Waals surface area contributed by atoms with Crippen LogP contribution in [0, 0.1) is 29.1 Å². The molecule has 0 aliphatic rings. The van der Waals surface area contributed by atoms with Gasteiger partial charge in [-0.3, -0.25) is 4.79 Å². The summed E-state index contributed by atoms with van der Waals surface area (Å²) in [5.41, 5.74) is 0.617. The Labute approximate surface area is 162 Å². The third kappa shape index (κ3) is 4.89. The number of carboxylic acids is 1. The predicted octanol–water partition coefficient (Wildman–Crippen LogP) is 2.72. The Kier molecular flexibility index (Phi) is 6.93. The Morgan fingerprint density at radius 2 is 1.48 bits per heavy atom. The zero-order valence-corrected chi connectivity index (χ0v) is 15.4. The molecule has 2 rings (SSSR count). The number of halogens is 5. The molecule has 0 saturated carbocycles. The molecule has 0 saturated heterocycles. The smallest absolute Gasteiger partial charge is 0.324 e. The molecule has 2 unspecified atom stereocenters. The Balaban J connectivity index is 2.31. The lowest BCUT2D eigenvalue weighted by atomic mass is 10.2. The highest BCUT2D eigenvalue weighted by molar-refractivity contribution is 7.89. The maximum absolute atomic E-state index is 13.8. The third-order valence-electron chi connectivity index (χ3n) is 3.81. The van der Waals surface area contributed by atoms with E-state index >= 15 is 0 Å². The van der Waals surface area contributed by atoms with E-state index in [1.54, 1.807) is 30.3 Å². The van der Waals surface area contributed by atoms with Crippen molar-refractivity contribution in [2.24, 2.45) is 0 Å². The van der Waals surface area contributed by atoms with E-state index in [1.165, 1.54) is 4.72 Å². The van der Waals surface area contributed by atoms with Crippen molar-refractivity contribution in [1.29, 1.82) is 0 Å². The number of carboxylic acid groups (broad SMARTS) is 1. The molecule has 158 valence electrons. The summed E-state index contributed by atoms with van der Waals surface area (Å²) >= 11 is 0. The van der Waals surface area contributed by atoms with Crippen LogP contribution in [0.4, 0.5) is 22.0 Å². The van der Waals surface area contributed by atoms with Crippen LogP contribution >= 0.6 is 0 Å². The van der Waals surface area contributed by atoms with Crippen molar-refractivity contribution >= 4 is 16.0 Å². The van der Waals surface area contributed by atoms with Gasteiger partial charge in [-0.25, -0.2) is 30.4 Å². The van der Waals surface area contributed by atoms with E-state index in [2.05, 4.69) is 0 Å². The van der Waals surface area contributed by atoms with Crippen molar-refractivity contribution in [1.82, 2.24) is 4.72 Å². The van der Waals surface area contributed by atoms with Gasteiger partial charge >= 0.3 is 5.97 Å². The van der Waals surface area contributed by atoms with Gasteiger partial charge in [0, 0.05) is 0 Å². The molecule has 0 spiro atoms. The van der Waals surface area contributed by atoms with Crippen molar-refractivity contribution in [2.45, 2.75) is 30.6 Å². The number of nitrogens with one attached hydrogen (secondary N) is 1. The van der Waals surface area contributed by atoms with E-state index in [1.807, 2.05) is 0 Å². The zero-order chi connectivity index (χ0) is 21.9. The minimum atomic E-state index is -5.46. The maximum Gasteiger partial charge on any atom is 0.324 e. The molecule has 2 aromatic rings. The average Bonchev–Trinajstić information content (AvgIpc) is 2.67. The molecule has 6 nitrogen and oxygen atoms in total. The third-order valence-corrected chi connectivity index (χ3v) is 5.27. The quantitative estimate of drug-likeness (QED) is 0.375. The fourth-order valence-electron chi connectivity index (χ4n) is 2.29. The Morgan fingerprint density at radius 1 is 1.00 bits per heavy atom. The molecule has 2 aromatic carbocycles. The van der Waals surface area contributed by atoms with E-state index in [0.29, 0.717) is 5.56 Å². The van der Waals surface area contributed by atoms with Gasteiger partial charge in [-0.1, -0.05) is 30.3 Å². The van der Waals surface area contributed by atoms with Crippen LogP contribution in [-0.4, -0.2) is 31.6 Å². The van der Waals surface area contributed by atoms with Gasteiger partial charge in [-0.2, -0.15) is 4.72 Å². The number of hydrogen-bond acceptors (Lipinski definition) is 4. The van der Waals surface area contributed by atoms with Gasteiger partial charge in [0.1, 0.15) is 6.04 Å². The van der Waals surface area contributed by atoms with Gasteiger partial charge in [0.25, 0.3) is 0 Å². The molecule has 0 fully saturated rings. The number of rotatable bonds is 8. The summed E-state index contributed by atoms with van der Waals surface area (Å²) in [5, 5.41) is 9.24. The Bertz CT molecular complexity index is 988. The van der Waals surface area contributed by atoms with Gasteiger partial charge < -0.3 is 9.84 Å². The first-order chi connectivity index (χ1) is 13.5. The molecule has 0 amide bonds. The monoisotopic (exact) mass is 439 g/mol. The van der Waals surface area contributed by atoms with Crippen LogP contribution in [0.25, 0.3) is 0 Å². The number of hydrogen-bond donors (Lipinski definition) is 2. The number of carbonyl (C=O) groups is 1. The summed E-state index contributed by atoms with van der Waals surface area (Å²) in [6, 6.07) is 6.25. The minimum absolute atomic E-state index is 0.129. The van der Waals surface area contributed by atoms with Crippen molar-refractivity contribution in [3.63, 3.8) is 0 Å². The predicted molar refractivity (Wildman–Crippen MR) is 88.7 cm³/mol. The SMILES string of the molecule is CC(OCc1ccccc1)C(NS(=O)(=O)c1c(F)c(F)c(F)c(F)c1F)C(=O)O. The highest BCUT2D eigenvalue weighted by atomic mass is 32.2. The molecule has 29 heavy (non-hydrogen) atoms. The first-order valence-electron chi connectivity index (χ1n) is 7.89. The first-order valence-corrected chi connectivity index (χ1v) is 9.37. The van der Waals surface area contributed by atoms with Gasteiger partial charge in [0.2, 0.25) is 15.8 Å². The number of benzene rings is 2. The highest BCUT2D eigenvalue weighted by Crippen LogP contribution is 2.27. The van der Waals surface area contributed by atoms with Crippen LogP contribution in [0.2, 0.25) is 0 Å². The summed E-state index contributed by atoms with van der Waals surface area (Å²) in [7, 11) is -5.46. The van der Waals surface area contributed by atoms with E-state index < -0.39 is 62.1 Å². The molecular formula is C17H14F5NO5S. The van der Waals surface area contributed by atoms with Crippen molar-refractivity contribution in [3.8, 4) is 0 Å². The molecule has 2 N–H and O–H groups in total. The molecule has 12 heteroatoms. The average molecular weight is 439 g/mol. The van der Waals surface area contributed by atoms with Gasteiger partial charge in [0.15, 0.2) is 28.2 Å². The van der Waals surface area contributed by atoms with E-state index in [4.69, 9.17) is 4.74 Å². The van der Waals surface area contributed by atoms with Crippen LogP contribution in [0.15, 0.2) is 35.2 Å². The largest absolute Gasteiger partial charge is 0.480 e. The molecule has 0 heterocycles. The fourth-order valence-corrected chi connectivity index (χ4v) is 3.69. The maximum atomic E-state index is 13.8. The zero-order valence-electron chi connectivity index (χ0n) is 14.6. The lowest BCUT2D eigenvalue weighted by Gasteiger charge is -2.22. The van der Waals surface area contributed by atoms with Crippen molar-refractivity contribution in [3.05, 3.63) is 65.0 Å². The summed E-state index contributed by atoms with van der Waals surface area (Å²) in [5.74, 6) is -14.5. The molecule has 0 bridgehead atoms. The van der Waals surface area contributed by atoms with Crippen molar-refractivity contribution in [2.75, 3.05) is 0 Å². The van der Waals surface area contributed by atoms with Gasteiger partial charge in [-0.15, -0.1) is 0 Å². The topological polar surface area (TPSA) is 92.7 Å². The molecular weight excluding hydrogens is 425 g/mol. The van der Waals surface area contributed by atoms with Crippen LogP contribution in [0.5, 0.6) is 0 Å². The summed E-state index contributed by atoms with van der Waals surface area (Å²) in [4.78, 5) is 9.23. The summed E-state index contributed by atoms with van der Waals surface area (Å²) in [6.45, 7) is 1.03. The molecule has 0 aromatic heterocycles. The second kappa shape index (κ2) is 8.84. The van der Waals surface area contributed by atoms with Crippen molar-refractivity contribution < 1.29 is 45.0 Å². The second-order valence-corrected chi connectivity index (χ2v) is 7.49. The van der Waals surface area contributed by atoms with E-state index in [9.17, 15) is 40.3 Å². The van der Waals surface area contributed by atoms with E-state index in [0.717, 1.165) is 6.92 Å². The number of aliphatic carboxylic acids is 1. The van der Waals surface area contributed by atoms with E-state index in [-0.39, 0.29) is 6.61 Å². The normalized spacial score (nSPS) is 13.9. The molecule has 2 atom stereocenters. The highest BCUT2D eigenvalue weighted by Gasteiger charge is 2.37. The van der Waals surface area contributed by atoms with Gasteiger partial charge in [-0.05, 0) is 12.5 Å². The Hall–Kier alpha value is -2.57. The van der Waals surface area contributed by atoms with Crippen LogP contribution < -0.4 is 4.72 Å². The summed E-state index contributed by atoms with van der Waals surface area (Å²) < 4.78 is 98.4. The molecule has 0 radical (unpaired) electrons.